The molecule has 5 rings (SSSR count). The van der Waals surface area contributed by atoms with E-state index in [0.29, 0.717) is 30.9 Å². The Morgan fingerprint density at radius 2 is 1.89 bits per heavy atom. The minimum atomic E-state index is -0.594. The van der Waals surface area contributed by atoms with Crippen LogP contribution in [-0.4, -0.2) is 72.3 Å². The predicted octanol–water partition coefficient (Wildman–Crippen LogP) is 2.84. The van der Waals surface area contributed by atoms with Crippen LogP contribution in [0.25, 0.3) is 0 Å². The fraction of sp³-hybridized carbons (Fsp3) is 0.593. The molecule has 2 aromatic heterocycles. The van der Waals surface area contributed by atoms with Gasteiger partial charge in [-0.15, -0.1) is 0 Å². The van der Waals surface area contributed by atoms with Crippen molar-refractivity contribution in [3.63, 3.8) is 0 Å². The van der Waals surface area contributed by atoms with Gasteiger partial charge in [0.1, 0.15) is 5.69 Å². The van der Waals surface area contributed by atoms with Crippen molar-refractivity contribution < 1.29 is 13.9 Å². The number of nitrogens with zero attached hydrogens (tertiary/aromatic N) is 3. The third-order valence-corrected chi connectivity index (χ3v) is 8.03. The van der Waals surface area contributed by atoms with Crippen LogP contribution in [0, 0.1) is 5.95 Å². The zero-order chi connectivity index (χ0) is 25.1. The second-order valence-corrected chi connectivity index (χ2v) is 10.2. The summed E-state index contributed by atoms with van der Waals surface area (Å²) in [5, 5.41) is 2.93. The average Bonchev–Trinajstić information content (AvgIpc) is 3.40. The third kappa shape index (κ3) is 5.47. The normalized spacial score (nSPS) is 23.7. The summed E-state index contributed by atoms with van der Waals surface area (Å²) in [6.07, 6.45) is 5.49. The SMILES string of the molecule is CCc1ccc([C@@H]2CC[C@@H](N3CCN(c4ccc(C(=O)NC5CCOCC5)nc4F)CC3)C2)[nH]c1=O. The van der Waals surface area contributed by atoms with Crippen LogP contribution in [-0.2, 0) is 11.2 Å². The fourth-order valence-electron chi connectivity index (χ4n) is 5.83. The first-order valence-electron chi connectivity index (χ1n) is 13.3. The Balaban J connectivity index is 1.14. The topological polar surface area (TPSA) is 90.6 Å². The van der Waals surface area contributed by atoms with E-state index < -0.39 is 5.95 Å². The standard InChI is InChI=1S/C27H36FN5O3/c1-2-18-4-6-22(31-26(18)34)19-3-5-21(17-19)32-11-13-33(14-12-32)24-8-7-23(30-25(24)28)27(35)29-20-9-15-36-16-10-20/h4,6-8,19-21H,2-3,5,9-17H2,1H3,(H,29,35)(H,31,34)/t19-,21-/m1/s1. The lowest BCUT2D eigenvalue weighted by atomic mass is 10.0. The molecule has 0 aromatic carbocycles. The Bertz CT molecular complexity index is 1120. The van der Waals surface area contributed by atoms with E-state index in [1.807, 2.05) is 17.9 Å². The van der Waals surface area contributed by atoms with Crippen LogP contribution in [0.3, 0.4) is 0 Å². The van der Waals surface area contributed by atoms with Gasteiger partial charge in [0.15, 0.2) is 0 Å². The molecular formula is C27H36FN5O3. The Morgan fingerprint density at radius 1 is 1.11 bits per heavy atom. The smallest absolute Gasteiger partial charge is 0.270 e. The number of nitrogens with one attached hydrogen (secondary N) is 2. The molecule has 2 aliphatic heterocycles. The lowest BCUT2D eigenvalue weighted by molar-refractivity contribution is 0.0693. The largest absolute Gasteiger partial charge is 0.381 e. The number of pyridine rings is 2. The number of anilines is 1. The summed E-state index contributed by atoms with van der Waals surface area (Å²) in [7, 11) is 0. The molecule has 3 aliphatic rings. The van der Waals surface area contributed by atoms with Crippen LogP contribution < -0.4 is 15.8 Å². The molecular weight excluding hydrogens is 461 g/mol. The summed E-state index contributed by atoms with van der Waals surface area (Å²) < 4.78 is 20.2. The number of rotatable bonds is 6. The first-order valence-corrected chi connectivity index (χ1v) is 13.3. The maximum Gasteiger partial charge on any atom is 0.270 e. The van der Waals surface area contributed by atoms with E-state index in [0.717, 1.165) is 76.0 Å². The van der Waals surface area contributed by atoms with Crippen molar-refractivity contribution in [2.75, 3.05) is 44.3 Å². The van der Waals surface area contributed by atoms with E-state index in [1.54, 1.807) is 12.1 Å². The summed E-state index contributed by atoms with van der Waals surface area (Å²) in [6.45, 7) is 6.40. The summed E-state index contributed by atoms with van der Waals surface area (Å²) in [6, 6.07) is 7.86. The molecule has 0 bridgehead atoms. The Hall–Kier alpha value is -2.78. The maximum absolute atomic E-state index is 14.9. The van der Waals surface area contributed by atoms with Gasteiger partial charge in [-0.05, 0) is 56.7 Å². The van der Waals surface area contributed by atoms with Gasteiger partial charge in [0.05, 0.1) is 5.69 Å². The van der Waals surface area contributed by atoms with Crippen molar-refractivity contribution in [1.82, 2.24) is 20.2 Å². The van der Waals surface area contributed by atoms with Gasteiger partial charge in [0.2, 0.25) is 5.95 Å². The Morgan fingerprint density at radius 3 is 2.58 bits per heavy atom. The lowest BCUT2D eigenvalue weighted by Crippen LogP contribution is -2.50. The summed E-state index contributed by atoms with van der Waals surface area (Å²) >= 11 is 0. The van der Waals surface area contributed by atoms with Crippen molar-refractivity contribution in [2.45, 2.75) is 63.5 Å². The number of piperazine rings is 1. The maximum atomic E-state index is 14.9. The molecule has 2 atom stereocenters. The molecule has 194 valence electrons. The first-order chi connectivity index (χ1) is 17.5. The van der Waals surface area contributed by atoms with Crippen LogP contribution in [0.5, 0.6) is 0 Å². The van der Waals surface area contributed by atoms with Crippen molar-refractivity contribution >= 4 is 11.6 Å². The van der Waals surface area contributed by atoms with Gasteiger partial charge in [-0.2, -0.15) is 4.39 Å². The van der Waals surface area contributed by atoms with E-state index in [4.69, 9.17) is 4.74 Å². The number of hydrogen-bond donors (Lipinski definition) is 2. The third-order valence-electron chi connectivity index (χ3n) is 8.03. The van der Waals surface area contributed by atoms with Gasteiger partial charge in [0, 0.05) is 68.7 Å². The Labute approximate surface area is 211 Å². The minimum absolute atomic E-state index is 0.0368. The van der Waals surface area contributed by atoms with Crippen molar-refractivity contribution in [1.29, 1.82) is 0 Å². The predicted molar refractivity (Wildman–Crippen MR) is 136 cm³/mol. The molecule has 8 nitrogen and oxygen atoms in total. The van der Waals surface area contributed by atoms with E-state index in [2.05, 4.69) is 26.3 Å². The molecule has 4 heterocycles. The van der Waals surface area contributed by atoms with Crippen molar-refractivity contribution in [2.24, 2.45) is 0 Å². The van der Waals surface area contributed by atoms with Crippen LogP contribution in [0.15, 0.2) is 29.1 Å². The second kappa shape index (κ2) is 11.1. The molecule has 1 aliphatic carbocycles. The molecule has 36 heavy (non-hydrogen) atoms. The second-order valence-electron chi connectivity index (χ2n) is 10.2. The number of halogens is 1. The molecule has 9 heteroatoms. The number of carbonyl (C=O) groups is 1. The fourth-order valence-corrected chi connectivity index (χ4v) is 5.83. The van der Waals surface area contributed by atoms with Crippen molar-refractivity contribution in [3.05, 3.63) is 57.5 Å². The quantitative estimate of drug-likeness (QED) is 0.597. The number of carbonyl (C=O) groups excluding carboxylic acids is 1. The van der Waals surface area contributed by atoms with Gasteiger partial charge in [-0.3, -0.25) is 14.5 Å². The summed E-state index contributed by atoms with van der Waals surface area (Å²) in [5.41, 5.74) is 2.49. The van der Waals surface area contributed by atoms with Gasteiger partial charge in [0.25, 0.3) is 11.5 Å². The monoisotopic (exact) mass is 497 g/mol. The molecule has 1 amide bonds. The number of aromatic amines is 1. The highest BCUT2D eigenvalue weighted by atomic mass is 19.1. The van der Waals surface area contributed by atoms with Gasteiger partial charge in [-0.1, -0.05) is 13.0 Å². The lowest BCUT2D eigenvalue weighted by Gasteiger charge is -2.39. The summed E-state index contributed by atoms with van der Waals surface area (Å²) in [5.74, 6) is -0.546. The number of ether oxygens (including phenoxy) is 1. The molecule has 0 radical (unpaired) electrons. The molecule has 3 fully saturated rings. The molecule has 1 saturated carbocycles. The van der Waals surface area contributed by atoms with Crippen LogP contribution in [0.1, 0.15) is 66.7 Å². The number of aryl methyl sites for hydroxylation is 1. The number of H-pyrrole nitrogens is 1. The Kier molecular flexibility index (Phi) is 7.67. The molecule has 2 saturated heterocycles. The van der Waals surface area contributed by atoms with E-state index in [9.17, 15) is 14.0 Å². The summed E-state index contributed by atoms with van der Waals surface area (Å²) in [4.78, 5) is 36.3. The zero-order valence-corrected chi connectivity index (χ0v) is 21.0. The van der Waals surface area contributed by atoms with E-state index >= 15 is 0 Å². The van der Waals surface area contributed by atoms with Crippen LogP contribution in [0.2, 0.25) is 0 Å². The van der Waals surface area contributed by atoms with Gasteiger partial charge >= 0.3 is 0 Å². The van der Waals surface area contributed by atoms with Gasteiger partial charge in [-0.25, -0.2) is 4.98 Å². The molecule has 2 aromatic rings. The van der Waals surface area contributed by atoms with E-state index in [-0.39, 0.29) is 23.2 Å². The zero-order valence-electron chi connectivity index (χ0n) is 21.0. The number of aromatic nitrogens is 2. The number of amides is 1. The number of hydrogen-bond acceptors (Lipinski definition) is 6. The average molecular weight is 498 g/mol. The van der Waals surface area contributed by atoms with E-state index in [1.165, 1.54) is 0 Å². The van der Waals surface area contributed by atoms with Crippen LogP contribution in [0.4, 0.5) is 10.1 Å². The molecule has 2 N–H and O–H groups in total. The highest BCUT2D eigenvalue weighted by molar-refractivity contribution is 5.92. The first kappa shape index (κ1) is 24.9. The highest BCUT2D eigenvalue weighted by Crippen LogP contribution is 2.36. The van der Waals surface area contributed by atoms with Crippen LogP contribution >= 0.6 is 0 Å². The van der Waals surface area contributed by atoms with Gasteiger partial charge < -0.3 is 19.9 Å². The highest BCUT2D eigenvalue weighted by Gasteiger charge is 2.33. The molecule has 0 unspecified atom stereocenters. The van der Waals surface area contributed by atoms with Crippen molar-refractivity contribution in [3.8, 4) is 0 Å². The molecule has 0 spiro atoms. The minimum Gasteiger partial charge on any atom is -0.381 e.